The zero-order valence-corrected chi connectivity index (χ0v) is 19.9. The minimum atomic E-state index is -0.337. The number of aliphatic hydroxyl groups is 1. The van der Waals surface area contributed by atoms with E-state index in [0.29, 0.717) is 24.0 Å². The van der Waals surface area contributed by atoms with Crippen LogP contribution in [0.25, 0.3) is 0 Å². The molecule has 1 aliphatic heterocycles. The number of aliphatic hydroxyl groups excluding tert-OH is 1. The first-order valence-corrected chi connectivity index (χ1v) is 12.4. The summed E-state index contributed by atoms with van der Waals surface area (Å²) in [4.78, 5) is 14.7. The summed E-state index contributed by atoms with van der Waals surface area (Å²) in [6.45, 7) is 2.58. The van der Waals surface area contributed by atoms with Gasteiger partial charge in [0.25, 0.3) is 0 Å². The highest BCUT2D eigenvalue weighted by atomic mass is 35.5. The van der Waals surface area contributed by atoms with Crippen LogP contribution in [0.1, 0.15) is 53.6 Å². The zero-order valence-electron chi connectivity index (χ0n) is 19.2. The number of ether oxygens (including phenoxy) is 2. The summed E-state index contributed by atoms with van der Waals surface area (Å²) in [7, 11) is 1.41. The summed E-state index contributed by atoms with van der Waals surface area (Å²) in [5, 5.41) is 10.3. The fourth-order valence-corrected chi connectivity index (χ4v) is 6.26. The summed E-state index contributed by atoms with van der Waals surface area (Å²) in [6, 6.07) is 11.9. The summed E-state index contributed by atoms with van der Waals surface area (Å²) in [6.07, 6.45) is 6.41. The van der Waals surface area contributed by atoms with E-state index >= 15 is 0 Å². The van der Waals surface area contributed by atoms with Gasteiger partial charge >= 0.3 is 5.97 Å². The van der Waals surface area contributed by atoms with Crippen LogP contribution in [-0.2, 0) is 16.6 Å². The lowest BCUT2D eigenvalue weighted by Gasteiger charge is -2.44. The maximum Gasteiger partial charge on any atom is 0.337 e. The summed E-state index contributed by atoms with van der Waals surface area (Å²) < 4.78 is 11.5. The van der Waals surface area contributed by atoms with E-state index in [9.17, 15) is 9.90 Å². The summed E-state index contributed by atoms with van der Waals surface area (Å²) in [5.74, 6) is 1.57. The average Bonchev–Trinajstić information content (AvgIpc) is 2.97. The molecule has 1 saturated carbocycles. The number of nitrogens with zero attached hydrogens (tertiary/aromatic N) is 1. The molecule has 0 bridgehead atoms. The lowest BCUT2D eigenvalue weighted by Crippen LogP contribution is -2.48. The predicted octanol–water partition coefficient (Wildman–Crippen LogP) is 5.01. The van der Waals surface area contributed by atoms with Gasteiger partial charge in [-0.3, -0.25) is 0 Å². The van der Waals surface area contributed by atoms with Crippen LogP contribution in [0, 0.1) is 11.8 Å². The highest BCUT2D eigenvalue weighted by Gasteiger charge is 2.43. The first kappa shape index (κ1) is 22.5. The molecule has 1 spiro atoms. The van der Waals surface area contributed by atoms with Crippen molar-refractivity contribution in [1.82, 2.24) is 0 Å². The molecule has 3 atom stereocenters. The molecule has 3 aliphatic rings. The molecule has 176 valence electrons. The maximum atomic E-state index is 12.3. The van der Waals surface area contributed by atoms with E-state index in [1.807, 2.05) is 18.2 Å². The van der Waals surface area contributed by atoms with E-state index < -0.39 is 0 Å². The molecule has 1 fully saturated rings. The van der Waals surface area contributed by atoms with Crippen molar-refractivity contribution < 1.29 is 19.4 Å². The number of carbonyl (C=O) groups is 1. The van der Waals surface area contributed by atoms with Crippen molar-refractivity contribution in [3.05, 3.63) is 58.1 Å². The Hall–Kier alpha value is -2.24. The molecule has 0 radical (unpaired) electrons. The van der Waals surface area contributed by atoms with Crippen molar-refractivity contribution in [2.75, 3.05) is 38.3 Å². The number of esters is 1. The normalized spacial score (nSPS) is 26.0. The Labute approximate surface area is 200 Å². The van der Waals surface area contributed by atoms with Gasteiger partial charge in [0, 0.05) is 30.1 Å². The standard InChI is InChI=1S/C27H32ClNO4/c1-32-26(31)20-6-9-25-24(14-20)29(15-21-5-4-18(21)10-12-30)16-27(17-33-25)11-2-3-19-13-22(28)7-8-23(19)27/h6-9,13-14,18,21,30H,2-5,10-12,15-17H2,1H3/t18-,21-,27?/m0/s1. The Morgan fingerprint density at radius 1 is 1.24 bits per heavy atom. The van der Waals surface area contributed by atoms with Crippen LogP contribution in [0.4, 0.5) is 5.69 Å². The van der Waals surface area contributed by atoms with Gasteiger partial charge in [-0.15, -0.1) is 0 Å². The van der Waals surface area contributed by atoms with E-state index in [4.69, 9.17) is 21.1 Å². The van der Waals surface area contributed by atoms with Crippen LogP contribution in [0.2, 0.25) is 5.02 Å². The minimum absolute atomic E-state index is 0.126. The zero-order chi connectivity index (χ0) is 23.0. The van der Waals surface area contributed by atoms with Gasteiger partial charge in [-0.05, 0) is 91.8 Å². The van der Waals surface area contributed by atoms with Crippen LogP contribution in [0.5, 0.6) is 5.75 Å². The average molecular weight is 470 g/mol. The van der Waals surface area contributed by atoms with Crippen molar-refractivity contribution in [1.29, 1.82) is 0 Å². The number of anilines is 1. The number of fused-ring (bicyclic) bond motifs is 3. The number of carbonyl (C=O) groups excluding carboxylic acids is 1. The van der Waals surface area contributed by atoms with Gasteiger partial charge in [-0.25, -0.2) is 4.79 Å². The van der Waals surface area contributed by atoms with E-state index in [0.717, 1.165) is 55.2 Å². The highest BCUT2D eigenvalue weighted by Crippen LogP contribution is 2.46. The van der Waals surface area contributed by atoms with Gasteiger partial charge in [-0.2, -0.15) is 0 Å². The fraction of sp³-hybridized carbons (Fsp3) is 0.519. The van der Waals surface area contributed by atoms with E-state index in [2.05, 4.69) is 17.0 Å². The Balaban J connectivity index is 1.54. The molecule has 6 heteroatoms. The van der Waals surface area contributed by atoms with Crippen molar-refractivity contribution in [2.45, 2.75) is 43.9 Å². The molecule has 1 heterocycles. The van der Waals surface area contributed by atoms with Crippen LogP contribution in [0.15, 0.2) is 36.4 Å². The molecule has 5 nitrogen and oxygen atoms in total. The molecular formula is C27H32ClNO4. The SMILES string of the molecule is COC(=O)c1ccc2c(c1)N(C[C@@H]1CC[C@H]1CCO)CC1(CCCc3cc(Cl)ccc31)CO2. The third-order valence-electron chi connectivity index (χ3n) is 7.99. The first-order chi connectivity index (χ1) is 16.0. The Morgan fingerprint density at radius 3 is 2.85 bits per heavy atom. The van der Waals surface area contributed by atoms with Gasteiger partial charge < -0.3 is 19.5 Å². The second kappa shape index (κ2) is 9.19. The fourth-order valence-electron chi connectivity index (χ4n) is 6.07. The molecule has 5 rings (SSSR count). The smallest absolute Gasteiger partial charge is 0.337 e. The van der Waals surface area contributed by atoms with Crippen molar-refractivity contribution in [2.24, 2.45) is 11.8 Å². The van der Waals surface area contributed by atoms with Crippen LogP contribution >= 0.6 is 11.6 Å². The molecule has 0 amide bonds. The highest BCUT2D eigenvalue weighted by molar-refractivity contribution is 6.30. The lowest BCUT2D eigenvalue weighted by atomic mass is 9.69. The van der Waals surface area contributed by atoms with Crippen molar-refractivity contribution in [3.63, 3.8) is 0 Å². The number of hydrogen-bond acceptors (Lipinski definition) is 5. The molecule has 2 aliphatic carbocycles. The van der Waals surface area contributed by atoms with Gasteiger partial charge in [0.1, 0.15) is 5.75 Å². The van der Waals surface area contributed by atoms with E-state index in [-0.39, 0.29) is 18.0 Å². The quantitative estimate of drug-likeness (QED) is 0.624. The van der Waals surface area contributed by atoms with Gasteiger partial charge in [0.05, 0.1) is 25.0 Å². The van der Waals surface area contributed by atoms with Gasteiger partial charge in [-0.1, -0.05) is 17.7 Å². The lowest BCUT2D eigenvalue weighted by molar-refractivity contribution is 0.0600. The molecule has 1 N–H and O–H groups in total. The number of methoxy groups -OCH3 is 1. The molecule has 33 heavy (non-hydrogen) atoms. The first-order valence-electron chi connectivity index (χ1n) is 12.0. The monoisotopic (exact) mass is 469 g/mol. The summed E-state index contributed by atoms with van der Waals surface area (Å²) in [5.41, 5.74) is 4.03. The Kier molecular flexibility index (Phi) is 6.28. The molecule has 2 aromatic rings. The third kappa shape index (κ3) is 4.22. The topological polar surface area (TPSA) is 59.0 Å². The van der Waals surface area contributed by atoms with Crippen LogP contribution in [0.3, 0.4) is 0 Å². The third-order valence-corrected chi connectivity index (χ3v) is 8.22. The number of rotatable bonds is 5. The number of aryl methyl sites for hydroxylation is 1. The van der Waals surface area contributed by atoms with Gasteiger partial charge in [0.15, 0.2) is 0 Å². The Morgan fingerprint density at radius 2 is 2.09 bits per heavy atom. The number of hydrogen-bond donors (Lipinski definition) is 1. The van der Waals surface area contributed by atoms with E-state index in [1.54, 1.807) is 6.07 Å². The molecule has 1 unspecified atom stereocenters. The van der Waals surface area contributed by atoms with Gasteiger partial charge in [0.2, 0.25) is 0 Å². The second-order valence-corrected chi connectivity index (χ2v) is 10.3. The molecule has 2 aromatic carbocycles. The molecule has 0 aromatic heterocycles. The molecular weight excluding hydrogens is 438 g/mol. The maximum absolute atomic E-state index is 12.3. The minimum Gasteiger partial charge on any atom is -0.490 e. The second-order valence-electron chi connectivity index (χ2n) is 9.89. The van der Waals surface area contributed by atoms with Crippen LogP contribution < -0.4 is 9.64 Å². The van der Waals surface area contributed by atoms with Crippen molar-refractivity contribution in [3.8, 4) is 5.75 Å². The predicted molar refractivity (Wildman–Crippen MR) is 129 cm³/mol. The number of benzene rings is 2. The summed E-state index contributed by atoms with van der Waals surface area (Å²) >= 11 is 6.33. The van der Waals surface area contributed by atoms with Crippen molar-refractivity contribution >= 4 is 23.3 Å². The Bertz CT molecular complexity index is 1040. The largest absolute Gasteiger partial charge is 0.490 e. The molecule has 0 saturated heterocycles. The number of halogens is 1. The van der Waals surface area contributed by atoms with E-state index in [1.165, 1.54) is 31.1 Å². The van der Waals surface area contributed by atoms with Crippen LogP contribution in [-0.4, -0.2) is 44.5 Å².